The van der Waals surface area contributed by atoms with Crippen molar-refractivity contribution in [1.29, 1.82) is 0 Å². The number of hydrogen-bond acceptors (Lipinski definition) is 6. The van der Waals surface area contributed by atoms with Gasteiger partial charge in [0.15, 0.2) is 11.5 Å². The van der Waals surface area contributed by atoms with Gasteiger partial charge in [-0.05, 0) is 17.7 Å². The van der Waals surface area contributed by atoms with Gasteiger partial charge in [0.25, 0.3) is 0 Å². The molecule has 9 heteroatoms. The lowest BCUT2D eigenvalue weighted by Gasteiger charge is -2.15. The summed E-state index contributed by atoms with van der Waals surface area (Å²) in [6, 6.07) is 2.60. The number of nitrogens with one attached hydrogen (secondary N) is 1. The van der Waals surface area contributed by atoms with E-state index < -0.39 is 16.0 Å². The Bertz CT molecular complexity index is 612. The molecule has 0 aromatic heterocycles. The number of aliphatic hydroxyl groups is 1. The molecule has 1 aromatic carbocycles. The molecule has 3 N–H and O–H groups in total. The Morgan fingerprint density at radius 2 is 1.95 bits per heavy atom. The van der Waals surface area contributed by atoms with Gasteiger partial charge < -0.3 is 19.7 Å². The fraction of sp³-hybridized carbons (Fsp3) is 0.417. The first-order chi connectivity index (χ1) is 9.85. The monoisotopic (exact) mass is 319 g/mol. The highest BCUT2D eigenvalue weighted by Crippen LogP contribution is 2.35. The van der Waals surface area contributed by atoms with E-state index in [-0.39, 0.29) is 41.5 Å². The normalized spacial score (nSPS) is 11.2. The Kier molecular flexibility index (Phi) is 5.94. The largest absolute Gasteiger partial charge is 0.493 e. The predicted octanol–water partition coefficient (Wildman–Crippen LogP) is -0.398. The van der Waals surface area contributed by atoms with Crippen molar-refractivity contribution in [3.05, 3.63) is 17.7 Å². The number of methoxy groups -OCH3 is 2. The molecule has 0 fully saturated rings. The molecule has 1 rings (SSSR count). The average molecular weight is 319 g/mol. The third-order valence-electron chi connectivity index (χ3n) is 2.55. The number of ether oxygens (including phenoxy) is 2. The summed E-state index contributed by atoms with van der Waals surface area (Å²) in [4.78, 5) is 10.5. The fourth-order valence-electron chi connectivity index (χ4n) is 1.72. The van der Waals surface area contributed by atoms with Crippen LogP contribution < -0.4 is 14.2 Å². The summed E-state index contributed by atoms with van der Waals surface area (Å²) >= 11 is 0. The zero-order valence-corrected chi connectivity index (χ0v) is 12.4. The number of carboxylic acid groups (broad SMARTS) is 1. The van der Waals surface area contributed by atoms with Gasteiger partial charge in [-0.3, -0.25) is 4.79 Å². The molecule has 0 heterocycles. The van der Waals surface area contributed by atoms with Gasteiger partial charge in [-0.25, -0.2) is 13.1 Å². The van der Waals surface area contributed by atoms with Crippen molar-refractivity contribution in [3.63, 3.8) is 0 Å². The van der Waals surface area contributed by atoms with Gasteiger partial charge in [0.1, 0.15) is 4.90 Å². The summed E-state index contributed by atoms with van der Waals surface area (Å²) < 4.78 is 36.6. The minimum atomic E-state index is -3.96. The molecule has 0 radical (unpaired) electrons. The number of aliphatic hydroxyl groups excluding tert-OH is 1. The first-order valence-corrected chi connectivity index (χ1v) is 7.41. The molecule has 8 nitrogen and oxygen atoms in total. The van der Waals surface area contributed by atoms with Crippen LogP contribution in [-0.2, 0) is 21.2 Å². The van der Waals surface area contributed by atoms with E-state index in [0.29, 0.717) is 0 Å². The highest BCUT2D eigenvalue weighted by molar-refractivity contribution is 7.89. The Morgan fingerprint density at radius 3 is 2.43 bits per heavy atom. The lowest BCUT2D eigenvalue weighted by Crippen LogP contribution is -2.27. The number of aliphatic carboxylic acids is 1. The van der Waals surface area contributed by atoms with E-state index in [9.17, 15) is 13.2 Å². The van der Waals surface area contributed by atoms with Gasteiger partial charge in [0.05, 0.1) is 27.2 Å². The van der Waals surface area contributed by atoms with E-state index in [0.717, 1.165) is 0 Å². The predicted molar refractivity (Wildman–Crippen MR) is 73.2 cm³/mol. The van der Waals surface area contributed by atoms with Crippen LogP contribution in [0.3, 0.4) is 0 Å². The van der Waals surface area contributed by atoms with Crippen molar-refractivity contribution in [2.75, 3.05) is 27.4 Å². The molecule has 118 valence electrons. The third-order valence-corrected chi connectivity index (χ3v) is 4.02. The number of carbonyl (C=O) groups is 1. The molecular weight excluding hydrogens is 302 g/mol. The number of benzene rings is 1. The molecule has 0 unspecified atom stereocenters. The Hall–Kier alpha value is -1.84. The summed E-state index contributed by atoms with van der Waals surface area (Å²) in [6.45, 7) is -0.537. The van der Waals surface area contributed by atoms with Crippen LogP contribution in [0.5, 0.6) is 11.5 Å². The van der Waals surface area contributed by atoms with Crippen molar-refractivity contribution >= 4 is 16.0 Å². The molecular formula is C12H17NO7S. The van der Waals surface area contributed by atoms with Crippen LogP contribution in [0.1, 0.15) is 5.56 Å². The molecule has 1 aromatic rings. The lowest BCUT2D eigenvalue weighted by atomic mass is 10.1. The van der Waals surface area contributed by atoms with E-state index in [2.05, 4.69) is 4.72 Å². The minimum Gasteiger partial charge on any atom is -0.493 e. The summed E-state index contributed by atoms with van der Waals surface area (Å²) in [5.41, 5.74) is 0.254. The molecule has 0 bridgehead atoms. The Balaban J connectivity index is 3.42. The van der Waals surface area contributed by atoms with Crippen molar-refractivity contribution in [1.82, 2.24) is 4.72 Å². The second-order valence-electron chi connectivity index (χ2n) is 4.02. The van der Waals surface area contributed by atoms with Crippen LogP contribution in [0.25, 0.3) is 0 Å². The molecule has 0 spiro atoms. The van der Waals surface area contributed by atoms with Gasteiger partial charge >= 0.3 is 5.97 Å². The molecule has 0 saturated heterocycles. The molecule has 0 aliphatic rings. The van der Waals surface area contributed by atoms with E-state index in [1.54, 1.807) is 0 Å². The molecule has 0 amide bonds. The van der Waals surface area contributed by atoms with Gasteiger partial charge in [-0.1, -0.05) is 0 Å². The summed E-state index contributed by atoms with van der Waals surface area (Å²) in [5.74, 6) is -1.02. The van der Waals surface area contributed by atoms with Gasteiger partial charge in [0, 0.05) is 6.54 Å². The lowest BCUT2D eigenvalue weighted by molar-refractivity contribution is -0.136. The Labute approximate surface area is 122 Å². The third kappa shape index (κ3) is 4.31. The molecule has 21 heavy (non-hydrogen) atoms. The first-order valence-electron chi connectivity index (χ1n) is 5.93. The second-order valence-corrected chi connectivity index (χ2v) is 5.76. The number of rotatable bonds is 8. The SMILES string of the molecule is COc1cc(CC(=O)O)cc(S(=O)(=O)NCCO)c1OC. The van der Waals surface area contributed by atoms with E-state index >= 15 is 0 Å². The highest BCUT2D eigenvalue weighted by Gasteiger charge is 2.24. The maximum atomic E-state index is 12.2. The van der Waals surface area contributed by atoms with Crippen molar-refractivity contribution < 1.29 is 32.9 Å². The topological polar surface area (TPSA) is 122 Å². The summed E-state index contributed by atoms with van der Waals surface area (Å²) in [6.07, 6.45) is -0.358. The quantitative estimate of drug-likeness (QED) is 0.596. The molecule has 0 aliphatic heterocycles. The number of sulfonamides is 1. The smallest absolute Gasteiger partial charge is 0.307 e. The maximum Gasteiger partial charge on any atom is 0.307 e. The van der Waals surface area contributed by atoms with Crippen LogP contribution in [0.4, 0.5) is 0 Å². The standard InChI is InChI=1S/C12H17NO7S/c1-19-9-5-8(7-11(15)16)6-10(12(9)20-2)21(17,18)13-3-4-14/h5-6,13-14H,3-4,7H2,1-2H3,(H,15,16). The minimum absolute atomic E-state index is 0.0305. The highest BCUT2D eigenvalue weighted by atomic mass is 32.2. The summed E-state index contributed by atoms with van der Waals surface area (Å²) in [7, 11) is -1.37. The molecule has 0 atom stereocenters. The molecule has 0 aliphatic carbocycles. The van der Waals surface area contributed by atoms with Crippen LogP contribution in [0, 0.1) is 0 Å². The molecule has 0 saturated carbocycles. The summed E-state index contributed by atoms with van der Waals surface area (Å²) in [5, 5.41) is 17.5. The van der Waals surface area contributed by atoms with Crippen molar-refractivity contribution in [2.24, 2.45) is 0 Å². The number of hydrogen-bond donors (Lipinski definition) is 3. The van der Waals surface area contributed by atoms with E-state index in [1.807, 2.05) is 0 Å². The number of carboxylic acids is 1. The average Bonchev–Trinajstić information content (AvgIpc) is 2.43. The van der Waals surface area contributed by atoms with Gasteiger partial charge in [-0.15, -0.1) is 0 Å². The Morgan fingerprint density at radius 1 is 1.29 bits per heavy atom. The zero-order valence-electron chi connectivity index (χ0n) is 11.6. The van der Waals surface area contributed by atoms with E-state index in [4.69, 9.17) is 19.7 Å². The zero-order chi connectivity index (χ0) is 16.0. The fourth-order valence-corrected chi connectivity index (χ4v) is 2.97. The van der Waals surface area contributed by atoms with Crippen LogP contribution in [0.15, 0.2) is 17.0 Å². The van der Waals surface area contributed by atoms with Gasteiger partial charge in [-0.2, -0.15) is 0 Å². The second kappa shape index (κ2) is 7.25. The van der Waals surface area contributed by atoms with Crippen LogP contribution in [-0.4, -0.2) is 52.0 Å². The van der Waals surface area contributed by atoms with Gasteiger partial charge in [0.2, 0.25) is 10.0 Å². The van der Waals surface area contributed by atoms with Crippen LogP contribution >= 0.6 is 0 Å². The first kappa shape index (κ1) is 17.2. The van der Waals surface area contributed by atoms with Crippen molar-refractivity contribution in [2.45, 2.75) is 11.3 Å². The van der Waals surface area contributed by atoms with Crippen molar-refractivity contribution in [3.8, 4) is 11.5 Å². The van der Waals surface area contributed by atoms with E-state index in [1.165, 1.54) is 26.4 Å². The maximum absolute atomic E-state index is 12.2. The van der Waals surface area contributed by atoms with Crippen LogP contribution in [0.2, 0.25) is 0 Å².